The molecule has 1 N–H and O–H groups in total. The van der Waals surface area contributed by atoms with Crippen molar-refractivity contribution in [2.45, 2.75) is 32.7 Å². The third kappa shape index (κ3) is 4.42. The zero-order valence-corrected chi connectivity index (χ0v) is 18.2. The van der Waals surface area contributed by atoms with Gasteiger partial charge < -0.3 is 9.73 Å². The molecule has 0 spiro atoms. The summed E-state index contributed by atoms with van der Waals surface area (Å²) >= 11 is 8.23. The Bertz CT molecular complexity index is 975. The fraction of sp³-hybridized carbons (Fsp3) is 0.348. The maximum absolute atomic E-state index is 12.6. The number of furan rings is 1. The number of carbonyl (C=O) groups excluding carboxylic acids is 1. The summed E-state index contributed by atoms with van der Waals surface area (Å²) in [5.74, 6) is 0.812. The van der Waals surface area contributed by atoms with Crippen LogP contribution >= 0.6 is 22.9 Å². The first-order valence-electron chi connectivity index (χ1n) is 9.96. The number of piperidine rings is 1. The van der Waals surface area contributed by atoms with E-state index >= 15 is 0 Å². The summed E-state index contributed by atoms with van der Waals surface area (Å²) < 4.78 is 5.27. The SMILES string of the molecule is Cc1cc([C@H](c2ccccc2Cl)N2CCC(C)CC2)c(NC(=O)c2ccco2)s1. The van der Waals surface area contributed by atoms with Gasteiger partial charge in [0.05, 0.1) is 12.3 Å². The van der Waals surface area contributed by atoms with E-state index in [0.29, 0.717) is 5.76 Å². The van der Waals surface area contributed by atoms with Gasteiger partial charge in [-0.05, 0) is 68.6 Å². The lowest BCUT2D eigenvalue weighted by atomic mass is 9.92. The van der Waals surface area contributed by atoms with E-state index in [9.17, 15) is 4.79 Å². The van der Waals surface area contributed by atoms with E-state index < -0.39 is 0 Å². The monoisotopic (exact) mass is 428 g/mol. The molecule has 1 atom stereocenters. The number of thiophene rings is 1. The number of carbonyl (C=O) groups is 1. The highest BCUT2D eigenvalue weighted by Crippen LogP contribution is 2.42. The molecular weight excluding hydrogens is 404 g/mol. The first-order chi connectivity index (χ1) is 14.0. The number of anilines is 1. The highest BCUT2D eigenvalue weighted by Gasteiger charge is 2.30. The van der Waals surface area contributed by atoms with Crippen molar-refractivity contribution in [3.05, 3.63) is 75.5 Å². The minimum Gasteiger partial charge on any atom is -0.459 e. The van der Waals surface area contributed by atoms with E-state index in [0.717, 1.165) is 57.9 Å². The maximum Gasteiger partial charge on any atom is 0.291 e. The molecule has 0 saturated carbocycles. The summed E-state index contributed by atoms with van der Waals surface area (Å²) in [4.78, 5) is 16.3. The van der Waals surface area contributed by atoms with Crippen LogP contribution in [0.4, 0.5) is 5.00 Å². The second-order valence-corrected chi connectivity index (χ2v) is 9.38. The Morgan fingerprint density at radius 1 is 1.21 bits per heavy atom. The predicted octanol–water partition coefficient (Wildman–Crippen LogP) is 6.38. The molecule has 152 valence electrons. The van der Waals surface area contributed by atoms with Gasteiger partial charge in [0, 0.05) is 15.5 Å². The predicted molar refractivity (Wildman–Crippen MR) is 119 cm³/mol. The lowest BCUT2D eigenvalue weighted by Crippen LogP contribution is -2.37. The van der Waals surface area contributed by atoms with Crippen LogP contribution in [0.25, 0.3) is 0 Å². The number of amides is 1. The fourth-order valence-electron chi connectivity index (χ4n) is 3.95. The van der Waals surface area contributed by atoms with E-state index in [2.05, 4.69) is 36.2 Å². The smallest absolute Gasteiger partial charge is 0.291 e. The minimum atomic E-state index is -0.233. The Kier molecular flexibility index (Phi) is 6.09. The van der Waals surface area contributed by atoms with Gasteiger partial charge in [0.2, 0.25) is 0 Å². The third-order valence-electron chi connectivity index (χ3n) is 5.53. The number of nitrogens with zero attached hydrogens (tertiary/aromatic N) is 1. The van der Waals surface area contributed by atoms with Gasteiger partial charge in [0.25, 0.3) is 5.91 Å². The average Bonchev–Trinajstić information content (AvgIpc) is 3.35. The molecule has 0 aliphatic carbocycles. The topological polar surface area (TPSA) is 45.5 Å². The van der Waals surface area contributed by atoms with Crippen molar-refractivity contribution in [1.29, 1.82) is 0 Å². The number of aryl methyl sites for hydroxylation is 1. The number of hydrogen-bond acceptors (Lipinski definition) is 4. The third-order valence-corrected chi connectivity index (χ3v) is 6.86. The van der Waals surface area contributed by atoms with Crippen molar-refractivity contribution in [1.82, 2.24) is 4.90 Å². The van der Waals surface area contributed by atoms with Crippen LogP contribution in [0.15, 0.2) is 53.1 Å². The molecule has 0 unspecified atom stereocenters. The normalized spacial score (nSPS) is 16.7. The average molecular weight is 429 g/mol. The molecule has 1 aromatic carbocycles. The van der Waals surface area contributed by atoms with Crippen molar-refractivity contribution in [3.8, 4) is 0 Å². The summed E-state index contributed by atoms with van der Waals surface area (Å²) in [5, 5.41) is 4.67. The van der Waals surface area contributed by atoms with Gasteiger partial charge in [0.1, 0.15) is 5.00 Å². The van der Waals surface area contributed by atoms with E-state index in [1.54, 1.807) is 23.5 Å². The van der Waals surface area contributed by atoms with E-state index in [-0.39, 0.29) is 11.9 Å². The number of halogens is 1. The zero-order chi connectivity index (χ0) is 20.4. The summed E-state index contributed by atoms with van der Waals surface area (Å²) in [6.07, 6.45) is 3.84. The van der Waals surface area contributed by atoms with Crippen LogP contribution in [-0.2, 0) is 0 Å². The summed E-state index contributed by atoms with van der Waals surface area (Å²) in [6, 6.07) is 13.6. The Morgan fingerprint density at radius 2 is 1.97 bits per heavy atom. The first kappa shape index (κ1) is 20.2. The maximum atomic E-state index is 12.6. The van der Waals surface area contributed by atoms with Crippen LogP contribution in [0.3, 0.4) is 0 Å². The van der Waals surface area contributed by atoms with Gasteiger partial charge in [-0.3, -0.25) is 9.69 Å². The van der Waals surface area contributed by atoms with Crippen LogP contribution in [0.1, 0.15) is 52.4 Å². The zero-order valence-electron chi connectivity index (χ0n) is 16.7. The molecule has 29 heavy (non-hydrogen) atoms. The molecule has 3 aromatic rings. The highest BCUT2D eigenvalue weighted by molar-refractivity contribution is 7.16. The molecule has 0 bridgehead atoms. The molecule has 1 fully saturated rings. The summed E-state index contributed by atoms with van der Waals surface area (Å²) in [5.41, 5.74) is 2.17. The summed E-state index contributed by atoms with van der Waals surface area (Å²) in [7, 11) is 0. The van der Waals surface area contributed by atoms with Gasteiger partial charge in [-0.1, -0.05) is 36.7 Å². The lowest BCUT2D eigenvalue weighted by molar-refractivity contribution is 0.0996. The standard InChI is InChI=1S/C23H25ClN2O2S/c1-15-9-11-26(12-10-15)21(17-6-3-4-7-19(17)24)18-14-16(2)29-23(18)25-22(27)20-8-5-13-28-20/h3-8,13-15,21H,9-12H2,1-2H3,(H,25,27)/t21-/m0/s1. The Morgan fingerprint density at radius 3 is 2.66 bits per heavy atom. The van der Waals surface area contributed by atoms with Crippen LogP contribution in [0.5, 0.6) is 0 Å². The van der Waals surface area contributed by atoms with Crippen molar-refractivity contribution in [2.24, 2.45) is 5.92 Å². The Labute approximate surface area is 180 Å². The molecule has 6 heteroatoms. The fourth-order valence-corrected chi connectivity index (χ4v) is 5.13. The van der Waals surface area contributed by atoms with Gasteiger partial charge in [-0.25, -0.2) is 0 Å². The van der Waals surface area contributed by atoms with Crippen molar-refractivity contribution >= 4 is 33.8 Å². The van der Waals surface area contributed by atoms with Crippen molar-refractivity contribution < 1.29 is 9.21 Å². The molecule has 3 heterocycles. The molecule has 4 rings (SSSR count). The second-order valence-electron chi connectivity index (χ2n) is 7.72. The van der Waals surface area contributed by atoms with Crippen LogP contribution in [0, 0.1) is 12.8 Å². The number of likely N-dealkylation sites (tertiary alicyclic amines) is 1. The molecule has 0 radical (unpaired) electrons. The second kappa shape index (κ2) is 8.74. The molecule has 1 aliphatic rings. The highest BCUT2D eigenvalue weighted by atomic mass is 35.5. The van der Waals surface area contributed by atoms with Crippen molar-refractivity contribution in [3.63, 3.8) is 0 Å². The first-order valence-corrected chi connectivity index (χ1v) is 11.2. The number of nitrogens with one attached hydrogen (secondary N) is 1. The van der Waals surface area contributed by atoms with Gasteiger partial charge >= 0.3 is 0 Å². The number of rotatable bonds is 5. The Hall–Kier alpha value is -2.08. The van der Waals surface area contributed by atoms with E-state index in [1.807, 2.05) is 18.2 Å². The quantitative estimate of drug-likeness (QED) is 0.513. The number of benzene rings is 1. The van der Waals surface area contributed by atoms with Crippen molar-refractivity contribution in [2.75, 3.05) is 18.4 Å². The molecular formula is C23H25ClN2O2S. The molecule has 1 aliphatic heterocycles. The van der Waals surface area contributed by atoms with Gasteiger partial charge in [-0.15, -0.1) is 11.3 Å². The van der Waals surface area contributed by atoms with E-state index in [1.165, 1.54) is 6.26 Å². The molecule has 1 saturated heterocycles. The number of hydrogen-bond donors (Lipinski definition) is 1. The minimum absolute atomic E-state index is 0.00745. The van der Waals surface area contributed by atoms with Crippen LogP contribution in [-0.4, -0.2) is 23.9 Å². The molecule has 4 nitrogen and oxygen atoms in total. The summed E-state index contributed by atoms with van der Waals surface area (Å²) in [6.45, 7) is 6.40. The Balaban J connectivity index is 1.73. The largest absolute Gasteiger partial charge is 0.459 e. The lowest BCUT2D eigenvalue weighted by Gasteiger charge is -2.37. The van der Waals surface area contributed by atoms with E-state index in [4.69, 9.17) is 16.0 Å². The van der Waals surface area contributed by atoms with Crippen LogP contribution < -0.4 is 5.32 Å². The molecule has 1 amide bonds. The van der Waals surface area contributed by atoms with Gasteiger partial charge in [0.15, 0.2) is 5.76 Å². The van der Waals surface area contributed by atoms with Gasteiger partial charge in [-0.2, -0.15) is 0 Å². The molecule has 2 aromatic heterocycles. The van der Waals surface area contributed by atoms with Crippen LogP contribution in [0.2, 0.25) is 5.02 Å².